The molecule has 1 aromatic heterocycles. The van der Waals surface area contributed by atoms with Crippen molar-refractivity contribution in [3.8, 4) is 5.75 Å². The normalized spacial score (nSPS) is 26.8. The lowest BCUT2D eigenvalue weighted by atomic mass is 9.53. The Hall–Kier alpha value is -2.08. The molecule has 5 aliphatic carbocycles. The monoisotopic (exact) mass is 548 g/mol. The first kappa shape index (κ1) is 27.1. The highest BCUT2D eigenvalue weighted by Gasteiger charge is 2.51. The van der Waals surface area contributed by atoms with Gasteiger partial charge in [-0.1, -0.05) is 25.7 Å². The van der Waals surface area contributed by atoms with Crippen molar-refractivity contribution in [2.24, 2.45) is 17.8 Å². The predicted molar refractivity (Wildman–Crippen MR) is 166 cm³/mol. The van der Waals surface area contributed by atoms with Crippen LogP contribution in [-0.4, -0.2) is 35.8 Å². The van der Waals surface area contributed by atoms with Gasteiger partial charge in [0.05, 0.1) is 12.6 Å². The largest absolute Gasteiger partial charge is 0.497 e. The topological polar surface area (TPSA) is 58.2 Å². The van der Waals surface area contributed by atoms with Crippen LogP contribution in [0.15, 0.2) is 18.2 Å². The van der Waals surface area contributed by atoms with E-state index in [0.717, 1.165) is 60.1 Å². The number of rotatable bonds is 12. The van der Waals surface area contributed by atoms with Crippen LogP contribution < -0.4 is 20.7 Å². The number of aryl methyl sites for hydroxylation is 1. The van der Waals surface area contributed by atoms with Crippen molar-refractivity contribution < 1.29 is 4.74 Å². The van der Waals surface area contributed by atoms with E-state index in [1.165, 1.54) is 112 Å². The Balaban J connectivity index is 0.876. The minimum Gasteiger partial charge on any atom is -0.497 e. The molecule has 5 nitrogen and oxygen atoms in total. The highest BCUT2D eigenvalue weighted by Crippen LogP contribution is 2.55. The number of anilines is 1. The highest BCUT2D eigenvalue weighted by atomic mass is 32.1. The molecule has 1 aromatic carbocycles. The van der Waals surface area contributed by atoms with Crippen molar-refractivity contribution in [1.82, 2.24) is 15.6 Å². The van der Waals surface area contributed by atoms with Crippen LogP contribution in [0.5, 0.6) is 5.75 Å². The van der Waals surface area contributed by atoms with Crippen molar-refractivity contribution in [3.05, 3.63) is 29.5 Å². The van der Waals surface area contributed by atoms with Gasteiger partial charge in [-0.25, -0.2) is 0 Å². The van der Waals surface area contributed by atoms with Gasteiger partial charge in [0.1, 0.15) is 5.75 Å². The third-order valence-electron chi connectivity index (χ3n) is 10.1. The number of unbranched alkanes of at least 4 members (excludes halogenated alkanes) is 5. The van der Waals surface area contributed by atoms with E-state index >= 15 is 0 Å². The average molecular weight is 549 g/mol. The van der Waals surface area contributed by atoms with E-state index in [4.69, 9.17) is 21.9 Å². The number of pyridine rings is 1. The van der Waals surface area contributed by atoms with Gasteiger partial charge in [0.2, 0.25) is 0 Å². The van der Waals surface area contributed by atoms with Gasteiger partial charge in [-0.15, -0.1) is 0 Å². The molecule has 0 radical (unpaired) electrons. The second-order valence-corrected chi connectivity index (χ2v) is 13.5. The summed E-state index contributed by atoms with van der Waals surface area (Å²) in [7, 11) is 1.74. The first-order valence-electron chi connectivity index (χ1n) is 15.9. The summed E-state index contributed by atoms with van der Waals surface area (Å²) >= 11 is 5.72. The number of fused-ring (bicyclic) bond motifs is 2. The highest BCUT2D eigenvalue weighted by molar-refractivity contribution is 7.80. The summed E-state index contributed by atoms with van der Waals surface area (Å²) in [5.74, 6) is 3.78. The zero-order valence-corrected chi connectivity index (χ0v) is 24.8. The molecule has 1 heterocycles. The number of benzene rings is 1. The molecule has 4 saturated carbocycles. The van der Waals surface area contributed by atoms with Crippen LogP contribution in [0.1, 0.15) is 101 Å². The predicted octanol–water partition coefficient (Wildman–Crippen LogP) is 7.31. The number of nitrogens with zero attached hydrogens (tertiary/aromatic N) is 1. The van der Waals surface area contributed by atoms with Crippen LogP contribution in [0.2, 0.25) is 0 Å². The number of aromatic nitrogens is 1. The summed E-state index contributed by atoms with van der Waals surface area (Å²) in [5.41, 5.74) is 5.44. The fraction of sp³-hybridized carbons (Fsp3) is 0.697. The van der Waals surface area contributed by atoms with Crippen LogP contribution in [0.3, 0.4) is 0 Å². The fourth-order valence-electron chi connectivity index (χ4n) is 8.65. The molecule has 0 amide bonds. The van der Waals surface area contributed by atoms with Crippen LogP contribution in [0.4, 0.5) is 5.69 Å². The molecule has 0 atom stereocenters. The summed E-state index contributed by atoms with van der Waals surface area (Å²) in [6.07, 6.45) is 20.8. The second-order valence-electron chi connectivity index (χ2n) is 13.1. The maximum absolute atomic E-state index is 5.72. The van der Waals surface area contributed by atoms with Crippen LogP contribution in [0, 0.1) is 17.8 Å². The van der Waals surface area contributed by atoms with Crippen molar-refractivity contribution >= 4 is 33.9 Å². The summed E-state index contributed by atoms with van der Waals surface area (Å²) in [6, 6.07) is 6.28. The third kappa shape index (κ3) is 6.31. The molecule has 0 spiro atoms. The number of hydrogen-bond acceptors (Lipinski definition) is 4. The molecular formula is C33H48N4OS. The molecule has 5 aliphatic rings. The second kappa shape index (κ2) is 12.2. The lowest BCUT2D eigenvalue weighted by molar-refractivity contribution is -0.0101. The van der Waals surface area contributed by atoms with Gasteiger partial charge in [-0.2, -0.15) is 0 Å². The quantitative estimate of drug-likeness (QED) is 0.191. The van der Waals surface area contributed by atoms with Crippen molar-refractivity contribution in [1.29, 1.82) is 0 Å². The molecule has 0 saturated heterocycles. The van der Waals surface area contributed by atoms with Crippen molar-refractivity contribution in [2.45, 2.75) is 108 Å². The van der Waals surface area contributed by atoms with Gasteiger partial charge in [0, 0.05) is 35.4 Å². The van der Waals surface area contributed by atoms with E-state index in [1.54, 1.807) is 7.11 Å². The van der Waals surface area contributed by atoms with E-state index in [0.29, 0.717) is 5.54 Å². The fourth-order valence-corrected chi connectivity index (χ4v) is 8.97. The first-order chi connectivity index (χ1) is 19.1. The van der Waals surface area contributed by atoms with Gasteiger partial charge in [-0.3, -0.25) is 4.98 Å². The van der Waals surface area contributed by atoms with E-state index in [1.807, 2.05) is 6.07 Å². The third-order valence-corrected chi connectivity index (χ3v) is 10.3. The Morgan fingerprint density at radius 2 is 1.59 bits per heavy atom. The lowest BCUT2D eigenvalue weighted by Crippen LogP contribution is -2.61. The molecular weight excluding hydrogens is 500 g/mol. The summed E-state index contributed by atoms with van der Waals surface area (Å²) in [6.45, 7) is 2.03. The molecule has 0 aliphatic heterocycles. The summed E-state index contributed by atoms with van der Waals surface area (Å²) < 4.78 is 5.52. The van der Waals surface area contributed by atoms with Crippen molar-refractivity contribution in [2.75, 3.05) is 25.5 Å². The number of nitrogens with one attached hydrogen (secondary N) is 3. The lowest BCUT2D eigenvalue weighted by Gasteiger charge is -2.57. The molecule has 3 N–H and O–H groups in total. The standard InChI is InChI=1S/C33H48N4OS/c1-38-26-12-13-30-28(19-26)31(27-10-6-7-11-29(27)36-30)34-14-8-4-2-3-5-9-15-35-32(39)37-33-20-23-16-24(21-33)18-25(17-23)22-33/h12-13,19,23-25H,2-11,14-18,20-22H2,1H3,(H,34,36)(H2,35,37,39). The molecule has 212 valence electrons. The minimum absolute atomic E-state index is 0.320. The van der Waals surface area contributed by atoms with Gasteiger partial charge in [0.25, 0.3) is 0 Å². The molecule has 0 unspecified atom stereocenters. The number of thiocarbonyl (C=S) groups is 1. The summed E-state index contributed by atoms with van der Waals surface area (Å²) in [4.78, 5) is 4.99. The molecule has 7 rings (SSSR count). The summed E-state index contributed by atoms with van der Waals surface area (Å²) in [5, 5.41) is 13.3. The van der Waals surface area contributed by atoms with E-state index < -0.39 is 0 Å². The minimum atomic E-state index is 0.320. The molecule has 4 fully saturated rings. The van der Waals surface area contributed by atoms with Crippen molar-refractivity contribution in [3.63, 3.8) is 0 Å². The number of hydrogen-bond donors (Lipinski definition) is 3. The zero-order valence-electron chi connectivity index (χ0n) is 24.0. The van der Waals surface area contributed by atoms with Gasteiger partial charge in [-0.05, 0) is 131 Å². The number of methoxy groups -OCH3 is 1. The molecule has 39 heavy (non-hydrogen) atoms. The van der Waals surface area contributed by atoms with E-state index in [2.05, 4.69) is 28.1 Å². The van der Waals surface area contributed by atoms with Crippen LogP contribution >= 0.6 is 12.2 Å². The maximum atomic E-state index is 5.72. The maximum Gasteiger partial charge on any atom is 0.166 e. The molecule has 4 bridgehead atoms. The average Bonchev–Trinajstić information content (AvgIpc) is 2.92. The van der Waals surface area contributed by atoms with Gasteiger partial charge in [0.15, 0.2) is 5.11 Å². The zero-order chi connectivity index (χ0) is 26.7. The van der Waals surface area contributed by atoms with Crippen LogP contribution in [0.25, 0.3) is 10.9 Å². The Morgan fingerprint density at radius 1 is 0.923 bits per heavy atom. The molecule has 6 heteroatoms. The van der Waals surface area contributed by atoms with Gasteiger partial charge < -0.3 is 20.7 Å². The van der Waals surface area contributed by atoms with Crippen LogP contribution in [-0.2, 0) is 12.8 Å². The Bertz CT molecular complexity index is 1130. The van der Waals surface area contributed by atoms with E-state index in [-0.39, 0.29) is 0 Å². The smallest absolute Gasteiger partial charge is 0.166 e. The Kier molecular flexibility index (Phi) is 8.48. The Morgan fingerprint density at radius 3 is 2.31 bits per heavy atom. The van der Waals surface area contributed by atoms with Gasteiger partial charge >= 0.3 is 0 Å². The first-order valence-corrected chi connectivity index (χ1v) is 16.3. The molecule has 2 aromatic rings. The number of ether oxygens (including phenoxy) is 1. The SMILES string of the molecule is COc1ccc2nc3c(c(NCCCCCCCCNC(=S)NC45CC6CC(CC(C6)C4)C5)c2c1)CCCC3. The van der Waals surface area contributed by atoms with E-state index in [9.17, 15) is 0 Å². The Labute approximate surface area is 240 Å².